The number of benzene rings is 1. The van der Waals surface area contributed by atoms with Crippen molar-refractivity contribution >= 4 is 10.1 Å². The molecule has 1 aromatic carbocycles. The second-order valence-electron chi connectivity index (χ2n) is 5.58. The molecule has 0 fully saturated rings. The summed E-state index contributed by atoms with van der Waals surface area (Å²) in [5, 5.41) is 6.86. The van der Waals surface area contributed by atoms with Crippen LogP contribution in [0.5, 0.6) is 0 Å². The highest BCUT2D eigenvalue weighted by atomic mass is 32.2. The molecule has 0 saturated carbocycles. The predicted molar refractivity (Wildman–Crippen MR) is 90.3 cm³/mol. The van der Waals surface area contributed by atoms with Gasteiger partial charge in [-0.2, -0.15) is 22.3 Å². The van der Waals surface area contributed by atoms with Crippen LogP contribution in [0.2, 0.25) is 0 Å². The molecule has 3 aromatic rings. The summed E-state index contributed by atoms with van der Waals surface area (Å²) in [5.41, 5.74) is 1.18. The maximum absolute atomic E-state index is 13.1. The molecule has 0 spiro atoms. The number of rotatable bonds is 3. The van der Waals surface area contributed by atoms with Gasteiger partial charge in [0.15, 0.2) is 11.6 Å². The van der Waals surface area contributed by atoms with Gasteiger partial charge < -0.3 is 5.32 Å². The van der Waals surface area contributed by atoms with Gasteiger partial charge in [0, 0.05) is 20.1 Å². The smallest absolute Gasteiger partial charge is 0.305 e. The molecule has 144 valence electrons. The highest BCUT2D eigenvalue weighted by Crippen LogP contribution is 2.28. The Morgan fingerprint density at radius 3 is 2.41 bits per heavy atom. The van der Waals surface area contributed by atoms with Crippen LogP contribution in [0.4, 0.5) is 8.78 Å². The largest absolute Gasteiger partial charge is 0.320 e. The molecule has 0 bridgehead atoms. The predicted octanol–water partition coefficient (Wildman–Crippen LogP) is 1.61. The number of nitrogens with one attached hydrogen (secondary N) is 1. The lowest BCUT2D eigenvalue weighted by Crippen LogP contribution is -2.11. The Hall–Kier alpha value is -2.70. The summed E-state index contributed by atoms with van der Waals surface area (Å²) in [7, 11) is -2.35. The lowest BCUT2D eigenvalue weighted by Gasteiger charge is -2.08. The minimum Gasteiger partial charge on any atom is -0.305 e. The van der Waals surface area contributed by atoms with Crippen molar-refractivity contribution in [3.8, 4) is 11.6 Å². The first-order valence-electron chi connectivity index (χ1n) is 7.74. The minimum absolute atomic E-state index is 0.0741. The SMILES string of the molecule is Cn1ncnc1-c1nc2c(n1C(F)F)CNC2.O=S(=O)(O)c1ccccc1. The number of fused-ring (bicyclic) bond motifs is 1. The molecule has 9 nitrogen and oxygen atoms in total. The first-order chi connectivity index (χ1) is 12.8. The van der Waals surface area contributed by atoms with Gasteiger partial charge in [0.05, 0.1) is 16.3 Å². The highest BCUT2D eigenvalue weighted by Gasteiger charge is 2.28. The number of imidazole rings is 1. The van der Waals surface area contributed by atoms with Crippen LogP contribution in [0.15, 0.2) is 41.6 Å². The lowest BCUT2D eigenvalue weighted by molar-refractivity contribution is 0.0689. The zero-order valence-electron chi connectivity index (χ0n) is 14.1. The average molecular weight is 398 g/mol. The van der Waals surface area contributed by atoms with E-state index in [4.69, 9.17) is 4.55 Å². The van der Waals surface area contributed by atoms with Crippen LogP contribution in [-0.4, -0.2) is 37.3 Å². The van der Waals surface area contributed by atoms with Gasteiger partial charge in [0.25, 0.3) is 10.1 Å². The summed E-state index contributed by atoms with van der Waals surface area (Å²) in [6.07, 6.45) is 1.32. The van der Waals surface area contributed by atoms with E-state index in [1.807, 2.05) is 0 Å². The second-order valence-corrected chi connectivity index (χ2v) is 7.00. The fraction of sp³-hybridized carbons (Fsp3) is 0.267. The van der Waals surface area contributed by atoms with Gasteiger partial charge in [-0.3, -0.25) is 9.12 Å². The molecule has 1 aliphatic heterocycles. The van der Waals surface area contributed by atoms with Gasteiger partial charge in [0.2, 0.25) is 0 Å². The van der Waals surface area contributed by atoms with Crippen molar-refractivity contribution in [3.05, 3.63) is 48.0 Å². The number of halogens is 2. The zero-order valence-corrected chi connectivity index (χ0v) is 14.9. The Bertz CT molecular complexity index is 1030. The summed E-state index contributed by atoms with van der Waals surface area (Å²) in [5.74, 6) is 0.520. The van der Waals surface area contributed by atoms with Crippen LogP contribution in [-0.2, 0) is 30.3 Å². The summed E-state index contributed by atoms with van der Waals surface area (Å²) in [4.78, 5) is 8.10. The van der Waals surface area contributed by atoms with Crippen molar-refractivity contribution in [2.75, 3.05) is 0 Å². The van der Waals surface area contributed by atoms with Crippen LogP contribution in [0.3, 0.4) is 0 Å². The normalized spacial score (nSPS) is 13.4. The molecule has 27 heavy (non-hydrogen) atoms. The van der Waals surface area contributed by atoms with E-state index in [0.29, 0.717) is 30.3 Å². The molecule has 0 atom stereocenters. The molecule has 1 aliphatic rings. The van der Waals surface area contributed by atoms with Crippen molar-refractivity contribution in [2.24, 2.45) is 7.05 Å². The van der Waals surface area contributed by atoms with Crippen molar-refractivity contribution in [1.82, 2.24) is 29.6 Å². The summed E-state index contributed by atoms with van der Waals surface area (Å²) >= 11 is 0. The van der Waals surface area contributed by atoms with Crippen LogP contribution in [0.1, 0.15) is 17.9 Å². The fourth-order valence-electron chi connectivity index (χ4n) is 2.60. The number of nitrogens with zero attached hydrogens (tertiary/aromatic N) is 5. The molecule has 0 aliphatic carbocycles. The first kappa shape index (κ1) is 19.1. The molecule has 2 aromatic heterocycles. The molecular weight excluding hydrogens is 382 g/mol. The average Bonchev–Trinajstić information content (AvgIpc) is 3.30. The Balaban J connectivity index is 0.000000180. The van der Waals surface area contributed by atoms with Crippen molar-refractivity contribution in [3.63, 3.8) is 0 Å². The van der Waals surface area contributed by atoms with Crippen molar-refractivity contribution in [1.29, 1.82) is 0 Å². The highest BCUT2D eigenvalue weighted by molar-refractivity contribution is 7.85. The van der Waals surface area contributed by atoms with Crippen LogP contribution >= 0.6 is 0 Å². The zero-order chi connectivity index (χ0) is 19.6. The number of aryl methyl sites for hydroxylation is 1. The Kier molecular flexibility index (Phi) is 5.30. The molecule has 12 heteroatoms. The fourth-order valence-corrected chi connectivity index (χ4v) is 3.10. The Morgan fingerprint density at radius 2 is 1.89 bits per heavy atom. The number of alkyl halides is 2. The topological polar surface area (TPSA) is 115 Å². The minimum atomic E-state index is -4.00. The standard InChI is InChI=1S/C9H10F2N6.C6H6O3S/c1-16-7(13-4-14-16)8-15-5-2-12-3-6(5)17(8)9(10)11;7-10(8,9)6-4-2-1-3-5-6/h4,9,12H,2-3H2,1H3;1-5H,(H,7,8,9). The van der Waals surface area contributed by atoms with E-state index in [1.54, 1.807) is 25.2 Å². The Labute approximate surface area is 153 Å². The monoisotopic (exact) mass is 398 g/mol. The van der Waals surface area contributed by atoms with Crippen molar-refractivity contribution < 1.29 is 21.8 Å². The van der Waals surface area contributed by atoms with Gasteiger partial charge in [-0.25, -0.2) is 14.6 Å². The van der Waals surface area contributed by atoms with Gasteiger partial charge in [-0.1, -0.05) is 18.2 Å². The summed E-state index contributed by atoms with van der Waals surface area (Å²) in [6.45, 7) is -1.71. The molecule has 0 amide bonds. The molecule has 4 rings (SSSR count). The van der Waals surface area contributed by atoms with E-state index in [0.717, 1.165) is 4.57 Å². The van der Waals surface area contributed by atoms with Crippen LogP contribution < -0.4 is 5.32 Å². The summed E-state index contributed by atoms with van der Waals surface area (Å²) < 4.78 is 57.7. The third-order valence-corrected chi connectivity index (χ3v) is 4.69. The molecule has 2 N–H and O–H groups in total. The van der Waals surface area contributed by atoms with Gasteiger partial charge in [0.1, 0.15) is 6.33 Å². The van der Waals surface area contributed by atoms with E-state index in [1.165, 1.54) is 23.1 Å². The van der Waals surface area contributed by atoms with E-state index >= 15 is 0 Å². The number of hydrogen-bond donors (Lipinski definition) is 2. The van der Waals surface area contributed by atoms with E-state index in [-0.39, 0.29) is 10.7 Å². The molecule has 0 unspecified atom stereocenters. The molecule has 0 saturated heterocycles. The molecule has 3 heterocycles. The summed E-state index contributed by atoms with van der Waals surface area (Å²) in [6, 6.07) is 7.42. The number of aromatic nitrogens is 5. The number of hydrogen-bond acceptors (Lipinski definition) is 6. The Morgan fingerprint density at radius 1 is 1.19 bits per heavy atom. The maximum atomic E-state index is 13.1. The third-order valence-electron chi connectivity index (χ3n) is 3.83. The first-order valence-corrected chi connectivity index (χ1v) is 9.18. The van der Waals surface area contributed by atoms with Gasteiger partial charge in [-0.15, -0.1) is 0 Å². The van der Waals surface area contributed by atoms with E-state index < -0.39 is 16.7 Å². The van der Waals surface area contributed by atoms with Gasteiger partial charge in [-0.05, 0) is 12.1 Å². The van der Waals surface area contributed by atoms with Crippen molar-refractivity contribution in [2.45, 2.75) is 24.5 Å². The maximum Gasteiger partial charge on any atom is 0.320 e. The molecular formula is C15H16F2N6O3S. The van der Waals surface area contributed by atoms with E-state index in [2.05, 4.69) is 20.4 Å². The lowest BCUT2D eigenvalue weighted by atomic mass is 10.4. The second kappa shape index (κ2) is 7.50. The van der Waals surface area contributed by atoms with Crippen LogP contribution in [0, 0.1) is 0 Å². The third kappa shape index (κ3) is 4.02. The molecule has 0 radical (unpaired) electrons. The quantitative estimate of drug-likeness (QED) is 0.644. The van der Waals surface area contributed by atoms with Crippen LogP contribution in [0.25, 0.3) is 11.6 Å². The van der Waals surface area contributed by atoms with Gasteiger partial charge >= 0.3 is 6.55 Å². The van der Waals surface area contributed by atoms with E-state index in [9.17, 15) is 17.2 Å².